The van der Waals surface area contributed by atoms with Gasteiger partial charge < -0.3 is 0 Å². The Hall–Kier alpha value is -1.16. The number of nitrogens with zero attached hydrogens (tertiary/aromatic N) is 1. The third kappa shape index (κ3) is 4.67. The summed E-state index contributed by atoms with van der Waals surface area (Å²) in [7, 11) is -3.78. The lowest BCUT2D eigenvalue weighted by molar-refractivity contribution is 0.589. The monoisotopic (exact) mass is 323 g/mol. The second kappa shape index (κ2) is 6.95. The van der Waals surface area contributed by atoms with Gasteiger partial charge in [0.1, 0.15) is 0 Å². The molecule has 2 rings (SSSR count). The lowest BCUT2D eigenvalue weighted by Crippen LogP contribution is -2.10. The first-order valence-electron chi connectivity index (χ1n) is 8.00. The molecule has 4 heteroatoms. The van der Waals surface area contributed by atoms with Crippen molar-refractivity contribution in [2.45, 2.75) is 63.2 Å². The van der Waals surface area contributed by atoms with E-state index < -0.39 is 10.1 Å². The van der Waals surface area contributed by atoms with E-state index in [0.29, 0.717) is 6.54 Å². The fraction of sp³-hybridized carbons (Fsp3) is 0.556. The van der Waals surface area contributed by atoms with Crippen LogP contribution < -0.4 is 0 Å². The molecule has 0 N–H and O–H groups in total. The molecule has 0 heterocycles. The highest BCUT2D eigenvalue weighted by Gasteiger charge is 2.16. The topological polar surface area (TPSA) is 29.4 Å². The van der Waals surface area contributed by atoms with Crippen molar-refractivity contribution in [3.8, 4) is 0 Å². The molecule has 0 radical (unpaired) electrons. The van der Waals surface area contributed by atoms with Crippen LogP contribution in [-0.2, 0) is 15.5 Å². The fourth-order valence-electron chi connectivity index (χ4n) is 2.64. The van der Waals surface area contributed by atoms with Gasteiger partial charge in [0.2, 0.25) is 10.1 Å². The van der Waals surface area contributed by atoms with E-state index >= 15 is 0 Å². The van der Waals surface area contributed by atoms with Gasteiger partial charge in [0, 0.05) is 0 Å². The zero-order valence-electron chi connectivity index (χ0n) is 13.8. The van der Waals surface area contributed by atoms with Crippen LogP contribution in [0.1, 0.15) is 58.4 Å². The normalized spacial score (nSPS) is 18.5. The van der Waals surface area contributed by atoms with Gasteiger partial charge in [-0.1, -0.05) is 44.6 Å². The molecule has 1 aromatic carbocycles. The molecule has 1 aliphatic rings. The molecule has 2 nitrogen and oxygen atoms in total. The van der Waals surface area contributed by atoms with Crippen LogP contribution in [0.5, 0.6) is 0 Å². The number of hydrogen-bond acceptors (Lipinski definition) is 2. The predicted octanol–water partition coefficient (Wildman–Crippen LogP) is 5.59. The first-order chi connectivity index (χ1) is 10.3. The lowest BCUT2D eigenvalue weighted by Gasteiger charge is -2.18. The summed E-state index contributed by atoms with van der Waals surface area (Å²) >= 11 is 0. The van der Waals surface area contributed by atoms with Crippen molar-refractivity contribution < 1.29 is 8.09 Å². The van der Waals surface area contributed by atoms with Crippen molar-refractivity contribution in [2.75, 3.05) is 6.54 Å². The van der Waals surface area contributed by atoms with Crippen molar-refractivity contribution in [3.05, 3.63) is 41.5 Å². The molecular weight excluding hydrogens is 297 g/mol. The number of rotatable bonds is 4. The minimum atomic E-state index is -3.78. The fourth-order valence-corrected chi connectivity index (χ4v) is 3.58. The number of allylic oxidation sites excluding steroid dienone is 1. The Morgan fingerprint density at radius 3 is 2.41 bits per heavy atom. The molecule has 1 aliphatic carbocycles. The standard InChI is InChI=1S/C18H26FNOS/c1-18(2,3)16-9-11-17(12-10-16)22(19,21)20-14-13-15-7-5-4-6-8-15/h7,9-12H,4-6,8,13-14H2,1-3H3/t22-/m1/s1. The molecule has 0 amide bonds. The summed E-state index contributed by atoms with van der Waals surface area (Å²) in [6.07, 6.45) is 7.56. The highest BCUT2D eigenvalue weighted by atomic mass is 32.3. The van der Waals surface area contributed by atoms with Gasteiger partial charge in [-0.3, -0.25) is 0 Å². The first-order valence-corrected chi connectivity index (χ1v) is 9.41. The smallest absolute Gasteiger partial charge is 0.211 e. The van der Waals surface area contributed by atoms with Crippen molar-refractivity contribution in [3.63, 3.8) is 0 Å². The van der Waals surface area contributed by atoms with Crippen LogP contribution in [0.25, 0.3) is 0 Å². The van der Waals surface area contributed by atoms with Crippen LogP contribution in [0.4, 0.5) is 3.89 Å². The number of benzene rings is 1. The average molecular weight is 323 g/mol. The zero-order chi connectivity index (χ0) is 16.2. The van der Waals surface area contributed by atoms with E-state index in [1.807, 2.05) is 12.1 Å². The summed E-state index contributed by atoms with van der Waals surface area (Å²) in [5.41, 5.74) is 2.42. The molecule has 0 fully saturated rings. The summed E-state index contributed by atoms with van der Waals surface area (Å²) < 4.78 is 30.3. The Labute approximate surface area is 134 Å². The maximum absolute atomic E-state index is 14.3. The maximum atomic E-state index is 14.3. The van der Waals surface area contributed by atoms with Gasteiger partial charge >= 0.3 is 0 Å². The van der Waals surface area contributed by atoms with E-state index in [2.05, 4.69) is 31.2 Å². The van der Waals surface area contributed by atoms with Crippen molar-refractivity contribution in [2.24, 2.45) is 4.36 Å². The molecule has 0 aliphatic heterocycles. The van der Waals surface area contributed by atoms with Crippen LogP contribution in [0.2, 0.25) is 0 Å². The van der Waals surface area contributed by atoms with E-state index in [9.17, 15) is 8.09 Å². The number of hydrogen-bond donors (Lipinski definition) is 0. The molecule has 1 aromatic rings. The van der Waals surface area contributed by atoms with Crippen molar-refractivity contribution in [1.29, 1.82) is 0 Å². The minimum absolute atomic E-state index is 0.000318. The Balaban J connectivity index is 2.07. The molecule has 0 spiro atoms. The van der Waals surface area contributed by atoms with Gasteiger partial charge in [0.05, 0.1) is 11.4 Å². The Bertz CT molecular complexity index is 647. The quantitative estimate of drug-likeness (QED) is 0.525. The van der Waals surface area contributed by atoms with E-state index in [-0.39, 0.29) is 10.3 Å². The Kier molecular flexibility index (Phi) is 5.43. The van der Waals surface area contributed by atoms with Crippen LogP contribution in [0, 0.1) is 0 Å². The van der Waals surface area contributed by atoms with Crippen molar-refractivity contribution >= 4 is 10.1 Å². The van der Waals surface area contributed by atoms with Crippen LogP contribution >= 0.6 is 0 Å². The number of halogens is 1. The summed E-state index contributed by atoms with van der Waals surface area (Å²) in [6.45, 7) is 6.58. The summed E-state index contributed by atoms with van der Waals surface area (Å²) in [4.78, 5) is 0.179. The van der Waals surface area contributed by atoms with Gasteiger partial charge in [-0.2, -0.15) is 0 Å². The molecule has 0 unspecified atom stereocenters. The first kappa shape index (κ1) is 17.2. The van der Waals surface area contributed by atoms with Crippen LogP contribution in [-0.4, -0.2) is 10.8 Å². The molecule has 0 saturated heterocycles. The Morgan fingerprint density at radius 2 is 1.86 bits per heavy atom. The van der Waals surface area contributed by atoms with E-state index in [4.69, 9.17) is 0 Å². The van der Waals surface area contributed by atoms with Crippen LogP contribution in [0.3, 0.4) is 0 Å². The minimum Gasteiger partial charge on any atom is -0.211 e. The van der Waals surface area contributed by atoms with E-state index in [1.165, 1.54) is 18.4 Å². The highest BCUT2D eigenvalue weighted by Crippen LogP contribution is 2.25. The second-order valence-corrected chi connectivity index (χ2v) is 8.59. The third-order valence-corrected chi connectivity index (χ3v) is 5.45. The molecule has 0 bridgehead atoms. The zero-order valence-corrected chi connectivity index (χ0v) is 14.6. The molecular formula is C18H26FNOS. The summed E-state index contributed by atoms with van der Waals surface area (Å²) in [5.74, 6) is 0. The average Bonchev–Trinajstić information content (AvgIpc) is 2.47. The van der Waals surface area contributed by atoms with Gasteiger partial charge in [-0.05, 0) is 55.2 Å². The van der Waals surface area contributed by atoms with Crippen molar-refractivity contribution in [1.82, 2.24) is 0 Å². The SMILES string of the molecule is CC(C)(C)c1ccc([S@@](=O)(F)=NCCC2=CCCCC2)cc1. The van der Waals surface area contributed by atoms with E-state index in [0.717, 1.165) is 24.8 Å². The molecule has 122 valence electrons. The van der Waals surface area contributed by atoms with Gasteiger partial charge in [-0.25, -0.2) is 8.57 Å². The van der Waals surface area contributed by atoms with E-state index in [1.54, 1.807) is 12.1 Å². The largest absolute Gasteiger partial charge is 0.230 e. The van der Waals surface area contributed by atoms with Gasteiger partial charge in [-0.15, -0.1) is 3.89 Å². The molecule has 22 heavy (non-hydrogen) atoms. The Morgan fingerprint density at radius 1 is 1.18 bits per heavy atom. The summed E-state index contributed by atoms with van der Waals surface area (Å²) in [5, 5.41) is 0. The van der Waals surface area contributed by atoms with Gasteiger partial charge in [0.25, 0.3) is 0 Å². The predicted molar refractivity (Wildman–Crippen MR) is 91.1 cm³/mol. The summed E-state index contributed by atoms with van der Waals surface area (Å²) in [6, 6.07) is 6.89. The lowest BCUT2D eigenvalue weighted by atomic mass is 9.87. The van der Waals surface area contributed by atoms with Crippen LogP contribution in [0.15, 0.2) is 45.2 Å². The third-order valence-electron chi connectivity index (χ3n) is 4.09. The molecule has 0 saturated carbocycles. The molecule has 0 aromatic heterocycles. The maximum Gasteiger partial charge on any atom is 0.230 e. The highest BCUT2D eigenvalue weighted by molar-refractivity contribution is 7.88. The van der Waals surface area contributed by atoms with Gasteiger partial charge in [0.15, 0.2) is 0 Å². The second-order valence-electron chi connectivity index (χ2n) is 6.94. The molecule has 1 atom stereocenters.